The maximum atomic E-state index is 13.0. The lowest BCUT2D eigenvalue weighted by atomic mass is 10.0. The minimum atomic E-state index is -0.299. The van der Waals surface area contributed by atoms with Crippen LogP contribution < -0.4 is 20.5 Å². The number of fused-ring (bicyclic) bond motifs is 2. The number of hydrogen-bond donors (Lipinski definition) is 3. The predicted molar refractivity (Wildman–Crippen MR) is 113 cm³/mol. The molecule has 2 aliphatic heterocycles. The number of amides is 1. The topological polar surface area (TPSA) is 99.5 Å². The molecule has 2 atom stereocenters. The fraction of sp³-hybridized carbons (Fsp3) is 0.364. The van der Waals surface area contributed by atoms with E-state index in [-0.39, 0.29) is 23.7 Å². The zero-order valence-corrected chi connectivity index (χ0v) is 16.7. The highest BCUT2D eigenvalue weighted by Crippen LogP contribution is 2.39. The third-order valence-corrected chi connectivity index (χ3v) is 5.91. The van der Waals surface area contributed by atoms with Gasteiger partial charge in [-0.2, -0.15) is 0 Å². The van der Waals surface area contributed by atoms with Gasteiger partial charge < -0.3 is 24.8 Å². The second-order valence-electron chi connectivity index (χ2n) is 7.80. The van der Waals surface area contributed by atoms with Crippen molar-refractivity contribution >= 4 is 22.6 Å². The first-order valence-electron chi connectivity index (χ1n) is 10.3. The Hall–Kier alpha value is -3.26. The second kappa shape index (κ2) is 7.53. The summed E-state index contributed by atoms with van der Waals surface area (Å²) in [5.41, 5.74) is 2.92. The molecule has 8 nitrogen and oxygen atoms in total. The van der Waals surface area contributed by atoms with Crippen molar-refractivity contribution in [2.45, 2.75) is 31.8 Å². The Morgan fingerprint density at radius 1 is 1.10 bits per heavy atom. The highest BCUT2D eigenvalue weighted by Gasteiger charge is 2.33. The number of anilines is 1. The summed E-state index contributed by atoms with van der Waals surface area (Å²) in [4.78, 5) is 32.1. The number of nitrogens with one attached hydrogen (secondary N) is 3. The number of benzene rings is 2. The summed E-state index contributed by atoms with van der Waals surface area (Å²) in [5, 5.41) is 2.98. The fourth-order valence-electron chi connectivity index (χ4n) is 4.39. The van der Waals surface area contributed by atoms with Gasteiger partial charge in [0.15, 0.2) is 11.5 Å². The molecular weight excluding hydrogens is 384 g/mol. The number of ether oxygens (including phenoxy) is 2. The number of H-pyrrole nitrogens is 2. The van der Waals surface area contributed by atoms with Crippen LogP contribution in [0.1, 0.15) is 31.4 Å². The molecule has 1 aromatic heterocycles. The van der Waals surface area contributed by atoms with Crippen molar-refractivity contribution < 1.29 is 14.3 Å². The molecule has 0 spiro atoms. The van der Waals surface area contributed by atoms with Gasteiger partial charge in [-0.25, -0.2) is 4.79 Å². The van der Waals surface area contributed by atoms with E-state index in [0.717, 1.165) is 36.4 Å². The third-order valence-electron chi connectivity index (χ3n) is 5.91. The highest BCUT2D eigenvalue weighted by atomic mass is 16.6. The molecule has 1 fully saturated rings. The Bertz CT molecular complexity index is 1150. The maximum absolute atomic E-state index is 13.0. The molecule has 30 heavy (non-hydrogen) atoms. The molecule has 0 unspecified atom stereocenters. The Kier molecular flexibility index (Phi) is 4.71. The standard InChI is InChI=1S/C22H24N4O4/c1-13(21(27)23-15-5-6-16-17(12-15)25-22(28)24-16)26-8-2-3-18(26)14-4-7-19-20(11-14)30-10-9-29-19/h4-7,11-13,18H,2-3,8-10H2,1H3,(H,23,27)(H2,24,25,28)/t13-,18+/m1/s1. The van der Waals surface area contributed by atoms with Crippen LogP contribution in [0.3, 0.4) is 0 Å². The van der Waals surface area contributed by atoms with Gasteiger partial charge in [-0.1, -0.05) is 6.07 Å². The summed E-state index contributed by atoms with van der Waals surface area (Å²) in [6.07, 6.45) is 2.03. The molecule has 1 amide bonds. The van der Waals surface area contributed by atoms with Crippen LogP contribution in [0.4, 0.5) is 5.69 Å². The number of hydrogen-bond acceptors (Lipinski definition) is 5. The van der Waals surface area contributed by atoms with Crippen LogP contribution in [0.5, 0.6) is 11.5 Å². The summed E-state index contributed by atoms with van der Waals surface area (Å²) < 4.78 is 11.4. The lowest BCUT2D eigenvalue weighted by molar-refractivity contribution is -0.121. The van der Waals surface area contributed by atoms with Gasteiger partial charge >= 0.3 is 5.69 Å². The van der Waals surface area contributed by atoms with Crippen LogP contribution in [-0.4, -0.2) is 46.6 Å². The van der Waals surface area contributed by atoms with Crippen LogP contribution in [0.25, 0.3) is 11.0 Å². The average molecular weight is 408 g/mol. The van der Waals surface area contributed by atoms with Crippen molar-refractivity contribution in [3.8, 4) is 11.5 Å². The minimum absolute atomic E-state index is 0.0725. The van der Waals surface area contributed by atoms with Gasteiger partial charge in [0.05, 0.1) is 17.1 Å². The molecule has 8 heteroatoms. The van der Waals surface area contributed by atoms with E-state index in [4.69, 9.17) is 9.47 Å². The quantitative estimate of drug-likeness (QED) is 0.617. The van der Waals surface area contributed by atoms with Crippen molar-refractivity contribution in [1.82, 2.24) is 14.9 Å². The summed E-state index contributed by atoms with van der Waals surface area (Å²) >= 11 is 0. The molecule has 2 aromatic carbocycles. The number of likely N-dealkylation sites (tertiary alicyclic amines) is 1. The fourth-order valence-corrected chi connectivity index (χ4v) is 4.39. The monoisotopic (exact) mass is 408 g/mol. The molecule has 0 aliphatic carbocycles. The average Bonchev–Trinajstić information content (AvgIpc) is 3.38. The zero-order chi connectivity index (χ0) is 20.7. The van der Waals surface area contributed by atoms with Gasteiger partial charge in [0.25, 0.3) is 0 Å². The highest BCUT2D eigenvalue weighted by molar-refractivity contribution is 5.96. The molecule has 1 saturated heterocycles. The number of carbonyl (C=O) groups excluding carboxylic acids is 1. The molecule has 5 rings (SSSR count). The number of nitrogens with zero attached hydrogens (tertiary/aromatic N) is 1. The summed E-state index contributed by atoms with van der Waals surface area (Å²) in [6, 6.07) is 11.3. The van der Waals surface area contributed by atoms with Crippen LogP contribution in [0.2, 0.25) is 0 Å². The van der Waals surface area contributed by atoms with Crippen LogP contribution in [0.15, 0.2) is 41.2 Å². The van der Waals surface area contributed by atoms with E-state index in [9.17, 15) is 9.59 Å². The van der Waals surface area contributed by atoms with E-state index >= 15 is 0 Å². The number of rotatable bonds is 4. The SMILES string of the molecule is C[C@H](C(=O)Nc1ccc2[nH]c(=O)[nH]c2c1)N1CCC[C@H]1c1ccc2c(c1)OCCO2. The first-order chi connectivity index (χ1) is 14.6. The van der Waals surface area contributed by atoms with Crippen LogP contribution in [0, 0.1) is 0 Å². The van der Waals surface area contributed by atoms with Crippen molar-refractivity contribution in [2.75, 3.05) is 25.1 Å². The lowest BCUT2D eigenvalue weighted by Gasteiger charge is -2.31. The smallest absolute Gasteiger partial charge is 0.323 e. The molecule has 0 saturated carbocycles. The summed E-state index contributed by atoms with van der Waals surface area (Å²) in [6.45, 7) is 3.92. The molecular formula is C22H24N4O4. The molecule has 3 N–H and O–H groups in total. The first-order valence-corrected chi connectivity index (χ1v) is 10.3. The Morgan fingerprint density at radius 3 is 2.77 bits per heavy atom. The minimum Gasteiger partial charge on any atom is -0.486 e. The summed E-state index contributed by atoms with van der Waals surface area (Å²) in [7, 11) is 0. The predicted octanol–water partition coefficient (Wildman–Crippen LogP) is 2.79. The number of carbonyl (C=O) groups is 1. The van der Waals surface area contributed by atoms with Crippen molar-refractivity contribution in [3.63, 3.8) is 0 Å². The van der Waals surface area contributed by atoms with Crippen LogP contribution >= 0.6 is 0 Å². The molecule has 156 valence electrons. The number of aromatic amines is 2. The van der Waals surface area contributed by atoms with Crippen molar-refractivity contribution in [3.05, 3.63) is 52.4 Å². The van der Waals surface area contributed by atoms with Gasteiger partial charge in [-0.3, -0.25) is 9.69 Å². The van der Waals surface area contributed by atoms with Gasteiger partial charge in [0, 0.05) is 11.7 Å². The Labute approximate surface area is 173 Å². The van der Waals surface area contributed by atoms with Crippen molar-refractivity contribution in [1.29, 1.82) is 0 Å². The number of imidazole rings is 1. The van der Waals surface area contributed by atoms with Gasteiger partial charge in [0.2, 0.25) is 5.91 Å². The summed E-state index contributed by atoms with van der Waals surface area (Å²) in [5.74, 6) is 1.48. The van der Waals surface area contributed by atoms with Gasteiger partial charge in [-0.05, 0) is 62.2 Å². The van der Waals surface area contributed by atoms with E-state index in [2.05, 4.69) is 26.3 Å². The second-order valence-corrected chi connectivity index (χ2v) is 7.80. The zero-order valence-electron chi connectivity index (χ0n) is 16.7. The molecule has 0 radical (unpaired) electrons. The third kappa shape index (κ3) is 3.43. The largest absolute Gasteiger partial charge is 0.486 e. The lowest BCUT2D eigenvalue weighted by Crippen LogP contribution is -2.41. The van der Waals surface area contributed by atoms with E-state index in [0.29, 0.717) is 29.9 Å². The van der Waals surface area contributed by atoms with Crippen molar-refractivity contribution in [2.24, 2.45) is 0 Å². The molecule has 2 aliphatic rings. The normalized spacial score (nSPS) is 19.7. The Balaban J connectivity index is 1.33. The van der Waals surface area contributed by atoms with E-state index in [1.165, 1.54) is 0 Å². The van der Waals surface area contributed by atoms with Crippen LogP contribution in [-0.2, 0) is 4.79 Å². The molecule has 3 aromatic rings. The van der Waals surface area contributed by atoms with Gasteiger partial charge in [0.1, 0.15) is 13.2 Å². The Morgan fingerprint density at radius 2 is 1.90 bits per heavy atom. The molecule has 0 bridgehead atoms. The van der Waals surface area contributed by atoms with E-state index in [1.54, 1.807) is 18.2 Å². The number of aromatic nitrogens is 2. The maximum Gasteiger partial charge on any atom is 0.323 e. The van der Waals surface area contributed by atoms with Gasteiger partial charge in [-0.15, -0.1) is 0 Å². The molecule has 3 heterocycles. The first kappa shape index (κ1) is 18.7. The van der Waals surface area contributed by atoms with E-state index in [1.807, 2.05) is 19.1 Å². The van der Waals surface area contributed by atoms with E-state index < -0.39 is 0 Å².